The number of rotatable bonds is 8. The van der Waals surface area contributed by atoms with Gasteiger partial charge < -0.3 is 21.3 Å². The Morgan fingerprint density at radius 2 is 1.62 bits per heavy atom. The van der Waals surface area contributed by atoms with E-state index in [9.17, 15) is 9.59 Å². The summed E-state index contributed by atoms with van der Waals surface area (Å²) in [4.78, 5) is 34.2. The van der Waals surface area contributed by atoms with E-state index in [1.165, 1.54) is 12.3 Å². The lowest BCUT2D eigenvalue weighted by atomic mass is 10.2. The molecule has 0 aliphatic carbocycles. The minimum absolute atomic E-state index is 0.179. The second kappa shape index (κ2) is 11.4. The summed E-state index contributed by atoms with van der Waals surface area (Å²) in [7, 11) is 0. The highest BCUT2D eigenvalue weighted by Crippen LogP contribution is 2.30. The maximum Gasteiger partial charge on any atom is 0.261 e. The summed E-state index contributed by atoms with van der Waals surface area (Å²) in [6, 6.07) is 20.2. The molecule has 1 aromatic heterocycles. The highest BCUT2D eigenvalue weighted by molar-refractivity contribution is 6.34. The zero-order chi connectivity index (χ0) is 26.4. The van der Waals surface area contributed by atoms with Gasteiger partial charge in [-0.15, -0.1) is 0 Å². The number of nitrogens with zero attached hydrogens (tertiary/aromatic N) is 2. The Labute approximate surface area is 219 Å². The van der Waals surface area contributed by atoms with Crippen molar-refractivity contribution in [3.05, 3.63) is 107 Å². The van der Waals surface area contributed by atoms with Crippen LogP contribution in [0.15, 0.2) is 85.6 Å². The van der Waals surface area contributed by atoms with Crippen LogP contribution in [0.5, 0.6) is 0 Å². The number of benzene rings is 3. The zero-order valence-electron chi connectivity index (χ0n) is 20.3. The van der Waals surface area contributed by atoms with Crippen molar-refractivity contribution in [2.24, 2.45) is 0 Å². The summed E-state index contributed by atoms with van der Waals surface area (Å²) >= 11 is 6.32. The Morgan fingerprint density at radius 1 is 0.892 bits per heavy atom. The van der Waals surface area contributed by atoms with E-state index in [0.29, 0.717) is 22.1 Å². The van der Waals surface area contributed by atoms with Gasteiger partial charge in [0.2, 0.25) is 11.9 Å². The number of amides is 2. The van der Waals surface area contributed by atoms with Gasteiger partial charge in [-0.25, -0.2) is 4.98 Å². The number of aryl methyl sites for hydroxylation is 2. The number of carbonyl (C=O) groups is 2. The molecule has 4 rings (SSSR count). The molecule has 1 heterocycles. The lowest BCUT2D eigenvalue weighted by Crippen LogP contribution is -2.17. The molecule has 0 aliphatic heterocycles. The monoisotopic (exact) mass is 512 g/mol. The van der Waals surface area contributed by atoms with Crippen molar-refractivity contribution in [3.63, 3.8) is 0 Å². The summed E-state index contributed by atoms with van der Waals surface area (Å²) < 4.78 is 0. The van der Waals surface area contributed by atoms with Crippen LogP contribution in [-0.4, -0.2) is 21.8 Å². The van der Waals surface area contributed by atoms with E-state index in [4.69, 9.17) is 11.6 Å². The van der Waals surface area contributed by atoms with Crippen LogP contribution < -0.4 is 21.3 Å². The molecule has 0 spiro atoms. The molecule has 0 fully saturated rings. The first-order chi connectivity index (χ1) is 17.8. The molecule has 0 unspecified atom stereocenters. The highest BCUT2D eigenvalue weighted by atomic mass is 35.5. The van der Waals surface area contributed by atoms with Crippen LogP contribution in [-0.2, 0) is 4.79 Å². The van der Waals surface area contributed by atoms with Crippen LogP contribution in [0, 0.1) is 13.8 Å². The van der Waals surface area contributed by atoms with Crippen molar-refractivity contribution in [1.29, 1.82) is 0 Å². The normalized spacial score (nSPS) is 10.4. The third-order valence-corrected chi connectivity index (χ3v) is 5.74. The highest BCUT2D eigenvalue weighted by Gasteiger charge is 2.19. The van der Waals surface area contributed by atoms with Gasteiger partial charge in [-0.05, 0) is 55.8 Å². The fourth-order valence-corrected chi connectivity index (χ4v) is 3.72. The summed E-state index contributed by atoms with van der Waals surface area (Å²) in [6.45, 7) is 7.34. The third kappa shape index (κ3) is 6.31. The predicted octanol–water partition coefficient (Wildman–Crippen LogP) is 6.61. The molecule has 0 saturated heterocycles. The Balaban J connectivity index is 1.71. The Hall–Kier alpha value is -4.69. The van der Waals surface area contributed by atoms with Crippen molar-refractivity contribution >= 4 is 57.9 Å². The number of aromatic nitrogens is 2. The SMILES string of the molecule is C=CC(=O)Nc1ccccc1Nc1nc(Nc2ccc(C)cc2)ncc1C(=O)Nc1c(C)cccc1Cl. The van der Waals surface area contributed by atoms with Crippen LogP contribution in [0.1, 0.15) is 21.5 Å². The number of hydrogen-bond acceptors (Lipinski definition) is 6. The van der Waals surface area contributed by atoms with Crippen LogP contribution in [0.25, 0.3) is 0 Å². The Bertz CT molecular complexity index is 1450. The van der Waals surface area contributed by atoms with Crippen molar-refractivity contribution < 1.29 is 9.59 Å². The van der Waals surface area contributed by atoms with Crippen LogP contribution in [0.4, 0.5) is 34.5 Å². The lowest BCUT2D eigenvalue weighted by Gasteiger charge is -2.16. The lowest BCUT2D eigenvalue weighted by molar-refractivity contribution is -0.111. The minimum atomic E-state index is -0.451. The molecular weight excluding hydrogens is 488 g/mol. The van der Waals surface area contributed by atoms with Gasteiger partial charge in [-0.3, -0.25) is 9.59 Å². The minimum Gasteiger partial charge on any atom is -0.338 e. The fraction of sp³-hybridized carbons (Fsp3) is 0.0714. The molecule has 0 saturated carbocycles. The third-order valence-electron chi connectivity index (χ3n) is 5.42. The number of para-hydroxylation sites is 3. The van der Waals surface area contributed by atoms with Gasteiger partial charge in [0.1, 0.15) is 11.4 Å². The number of nitrogens with one attached hydrogen (secondary N) is 4. The Kier molecular flexibility index (Phi) is 7.80. The van der Waals surface area contributed by atoms with E-state index in [1.54, 1.807) is 30.3 Å². The molecule has 0 radical (unpaired) electrons. The van der Waals surface area contributed by atoms with Crippen molar-refractivity contribution in [3.8, 4) is 0 Å². The topological polar surface area (TPSA) is 108 Å². The summed E-state index contributed by atoms with van der Waals surface area (Å²) in [5.74, 6) is -0.310. The number of halogens is 1. The average molecular weight is 513 g/mol. The molecule has 3 aromatic carbocycles. The second-order valence-electron chi connectivity index (χ2n) is 8.20. The fourth-order valence-electron chi connectivity index (χ4n) is 3.45. The van der Waals surface area contributed by atoms with E-state index in [0.717, 1.165) is 16.8 Å². The molecule has 37 heavy (non-hydrogen) atoms. The van der Waals surface area contributed by atoms with E-state index in [1.807, 2.05) is 50.2 Å². The molecule has 2 amide bonds. The summed E-state index contributed by atoms with van der Waals surface area (Å²) in [5.41, 5.74) is 4.42. The molecule has 4 aromatic rings. The summed E-state index contributed by atoms with van der Waals surface area (Å²) in [6.07, 6.45) is 2.61. The molecule has 0 atom stereocenters. The Morgan fingerprint density at radius 3 is 2.32 bits per heavy atom. The van der Waals surface area contributed by atoms with Gasteiger partial charge in [-0.1, -0.05) is 60.1 Å². The molecular formula is C28H25ClN6O2. The number of anilines is 6. The molecule has 4 N–H and O–H groups in total. The standard InChI is InChI=1S/C28H25ClN6O2/c1-4-24(36)32-22-10-5-6-11-23(22)33-26-20(27(37)34-25-18(3)8-7-9-21(25)29)16-30-28(35-26)31-19-14-12-17(2)13-15-19/h4-16H,1H2,2-3H3,(H,32,36)(H,34,37)(H2,30,31,33,35). The number of hydrogen-bond donors (Lipinski definition) is 4. The second-order valence-corrected chi connectivity index (χ2v) is 8.60. The average Bonchev–Trinajstić information content (AvgIpc) is 2.89. The van der Waals surface area contributed by atoms with Gasteiger partial charge in [0.05, 0.1) is 22.1 Å². The van der Waals surface area contributed by atoms with Crippen molar-refractivity contribution in [2.45, 2.75) is 13.8 Å². The van der Waals surface area contributed by atoms with Crippen LogP contribution in [0.3, 0.4) is 0 Å². The molecule has 9 heteroatoms. The first-order valence-electron chi connectivity index (χ1n) is 11.4. The van der Waals surface area contributed by atoms with Gasteiger partial charge in [0, 0.05) is 11.9 Å². The van der Waals surface area contributed by atoms with Gasteiger partial charge in [0.25, 0.3) is 5.91 Å². The maximum atomic E-state index is 13.4. The number of carbonyl (C=O) groups excluding carboxylic acids is 2. The molecule has 186 valence electrons. The molecule has 0 aliphatic rings. The van der Waals surface area contributed by atoms with Crippen LogP contribution >= 0.6 is 11.6 Å². The maximum absolute atomic E-state index is 13.4. The van der Waals surface area contributed by atoms with Crippen LogP contribution in [0.2, 0.25) is 5.02 Å². The van der Waals surface area contributed by atoms with Crippen molar-refractivity contribution in [2.75, 3.05) is 21.3 Å². The first-order valence-corrected chi connectivity index (χ1v) is 11.8. The smallest absolute Gasteiger partial charge is 0.261 e. The van der Waals surface area contributed by atoms with Gasteiger partial charge in [0.15, 0.2) is 0 Å². The van der Waals surface area contributed by atoms with E-state index in [2.05, 4.69) is 37.8 Å². The van der Waals surface area contributed by atoms with E-state index in [-0.39, 0.29) is 23.2 Å². The molecule has 8 nitrogen and oxygen atoms in total. The molecule has 0 bridgehead atoms. The predicted molar refractivity (Wildman–Crippen MR) is 149 cm³/mol. The summed E-state index contributed by atoms with van der Waals surface area (Å²) in [5, 5.41) is 12.3. The van der Waals surface area contributed by atoms with E-state index < -0.39 is 5.91 Å². The zero-order valence-corrected chi connectivity index (χ0v) is 21.1. The van der Waals surface area contributed by atoms with Gasteiger partial charge >= 0.3 is 0 Å². The van der Waals surface area contributed by atoms with Crippen molar-refractivity contribution in [1.82, 2.24) is 9.97 Å². The quantitative estimate of drug-likeness (QED) is 0.198. The van der Waals surface area contributed by atoms with Gasteiger partial charge in [-0.2, -0.15) is 4.98 Å². The first kappa shape index (κ1) is 25.4. The van der Waals surface area contributed by atoms with E-state index >= 15 is 0 Å². The largest absolute Gasteiger partial charge is 0.338 e.